The summed E-state index contributed by atoms with van der Waals surface area (Å²) in [7, 11) is -2.50. The largest absolute Gasteiger partial charge is 0.495 e. The van der Waals surface area contributed by atoms with Crippen molar-refractivity contribution in [1.82, 2.24) is 9.29 Å². The Kier molecular flexibility index (Phi) is 7.48. The van der Waals surface area contributed by atoms with Gasteiger partial charge >= 0.3 is 5.97 Å². The molecule has 1 amide bonds. The number of aromatic amines is 1. The van der Waals surface area contributed by atoms with E-state index in [0.717, 1.165) is 5.56 Å². The van der Waals surface area contributed by atoms with E-state index in [1.54, 1.807) is 26.8 Å². The van der Waals surface area contributed by atoms with Crippen LogP contribution in [0.2, 0.25) is 0 Å². The van der Waals surface area contributed by atoms with Crippen LogP contribution in [0.3, 0.4) is 0 Å². The number of amides is 1. The highest BCUT2D eigenvalue weighted by atomic mass is 32.2. The lowest BCUT2D eigenvalue weighted by atomic mass is 9.98. The third kappa shape index (κ3) is 5.06. The standard InChI is InChI=1S/C23H31N3O6S/c1-6-32-23(28)20-15(3)24-16(4)21(20)33(29,30)26-11-7-8-17(13-26)22(27)25-18-12-14(2)9-10-19(18)31-5/h9-10,12,17,24H,6-8,11,13H2,1-5H3,(H,25,27). The maximum atomic E-state index is 13.6. The summed E-state index contributed by atoms with van der Waals surface area (Å²) in [5, 5.41) is 2.88. The molecule has 180 valence electrons. The maximum absolute atomic E-state index is 13.6. The Morgan fingerprint density at radius 3 is 2.61 bits per heavy atom. The number of nitrogens with zero attached hydrogens (tertiary/aromatic N) is 1. The number of aryl methyl sites for hydroxylation is 3. The Labute approximate surface area is 194 Å². The molecule has 0 bridgehead atoms. The number of carbonyl (C=O) groups is 2. The molecule has 0 saturated carbocycles. The van der Waals surface area contributed by atoms with Gasteiger partial charge in [-0.2, -0.15) is 4.31 Å². The van der Waals surface area contributed by atoms with Gasteiger partial charge in [-0.3, -0.25) is 4.79 Å². The average Bonchev–Trinajstić information content (AvgIpc) is 3.08. The number of esters is 1. The Bertz CT molecular complexity index is 1160. The Morgan fingerprint density at radius 2 is 1.94 bits per heavy atom. The lowest BCUT2D eigenvalue weighted by molar-refractivity contribution is -0.120. The van der Waals surface area contributed by atoms with Crippen LogP contribution in [0.1, 0.15) is 47.1 Å². The van der Waals surface area contributed by atoms with E-state index in [4.69, 9.17) is 9.47 Å². The molecule has 0 spiro atoms. The van der Waals surface area contributed by atoms with Crippen LogP contribution in [0.25, 0.3) is 0 Å². The highest BCUT2D eigenvalue weighted by Crippen LogP contribution is 2.32. The molecule has 1 saturated heterocycles. The van der Waals surface area contributed by atoms with Gasteiger partial charge in [-0.15, -0.1) is 0 Å². The molecule has 33 heavy (non-hydrogen) atoms. The fourth-order valence-corrected chi connectivity index (χ4v) is 6.12. The predicted octanol–water partition coefficient (Wildman–Crippen LogP) is 3.16. The molecule has 0 aliphatic carbocycles. The molecule has 2 N–H and O–H groups in total. The van der Waals surface area contributed by atoms with Gasteiger partial charge in [-0.1, -0.05) is 6.07 Å². The molecular formula is C23H31N3O6S. The van der Waals surface area contributed by atoms with Crippen LogP contribution in [0.15, 0.2) is 23.1 Å². The SMILES string of the molecule is CCOC(=O)c1c(C)[nH]c(C)c1S(=O)(=O)N1CCCC(C(=O)Nc2cc(C)ccc2OC)C1. The van der Waals surface area contributed by atoms with Gasteiger partial charge in [-0.25, -0.2) is 13.2 Å². The van der Waals surface area contributed by atoms with Crippen LogP contribution < -0.4 is 10.1 Å². The van der Waals surface area contributed by atoms with Gasteiger partial charge in [-0.05, 0) is 58.2 Å². The number of H-pyrrole nitrogens is 1. The van der Waals surface area contributed by atoms with E-state index in [0.29, 0.717) is 35.7 Å². The van der Waals surface area contributed by atoms with E-state index in [9.17, 15) is 18.0 Å². The molecule has 1 atom stereocenters. The molecule has 0 radical (unpaired) electrons. The third-order valence-corrected chi connectivity index (χ3v) is 7.80. The second-order valence-electron chi connectivity index (χ2n) is 8.19. The van der Waals surface area contributed by atoms with E-state index >= 15 is 0 Å². The van der Waals surface area contributed by atoms with Crippen LogP contribution in [0.5, 0.6) is 5.75 Å². The molecule has 1 fully saturated rings. The summed E-state index contributed by atoms with van der Waals surface area (Å²) in [6.07, 6.45) is 1.08. The van der Waals surface area contributed by atoms with E-state index in [-0.39, 0.29) is 36.1 Å². The van der Waals surface area contributed by atoms with Crippen molar-refractivity contribution in [3.63, 3.8) is 0 Å². The minimum absolute atomic E-state index is 0.0189. The summed E-state index contributed by atoms with van der Waals surface area (Å²) in [5.41, 5.74) is 2.33. The van der Waals surface area contributed by atoms with Crippen LogP contribution in [0, 0.1) is 26.7 Å². The van der Waals surface area contributed by atoms with E-state index < -0.39 is 21.9 Å². The zero-order valence-electron chi connectivity index (χ0n) is 19.6. The minimum Gasteiger partial charge on any atom is -0.495 e. The zero-order chi connectivity index (χ0) is 24.3. The number of rotatable bonds is 7. The predicted molar refractivity (Wildman–Crippen MR) is 124 cm³/mol. The van der Waals surface area contributed by atoms with Crippen molar-refractivity contribution in [2.24, 2.45) is 5.92 Å². The summed E-state index contributed by atoms with van der Waals surface area (Å²) in [6.45, 7) is 7.25. The van der Waals surface area contributed by atoms with Crippen molar-refractivity contribution in [1.29, 1.82) is 0 Å². The number of anilines is 1. The highest BCUT2D eigenvalue weighted by Gasteiger charge is 2.38. The Morgan fingerprint density at radius 1 is 1.21 bits per heavy atom. The van der Waals surface area contributed by atoms with Crippen LogP contribution in [-0.4, -0.2) is 56.4 Å². The second kappa shape index (κ2) is 9.96. The summed E-state index contributed by atoms with van der Waals surface area (Å²) < 4.78 is 38.8. The second-order valence-corrected chi connectivity index (χ2v) is 10.1. The van der Waals surface area contributed by atoms with Gasteiger partial charge in [0.2, 0.25) is 15.9 Å². The van der Waals surface area contributed by atoms with E-state index in [1.165, 1.54) is 11.4 Å². The van der Waals surface area contributed by atoms with E-state index in [2.05, 4.69) is 10.3 Å². The third-order valence-electron chi connectivity index (χ3n) is 5.76. The molecule has 1 aliphatic heterocycles. The number of nitrogens with one attached hydrogen (secondary N) is 2. The zero-order valence-corrected chi connectivity index (χ0v) is 20.5. The smallest absolute Gasteiger partial charge is 0.341 e. The van der Waals surface area contributed by atoms with E-state index in [1.807, 2.05) is 19.1 Å². The first kappa shape index (κ1) is 24.8. The van der Waals surface area contributed by atoms with Gasteiger partial charge in [0.05, 0.1) is 25.3 Å². The molecular weight excluding hydrogens is 446 g/mol. The normalized spacial score (nSPS) is 16.9. The topological polar surface area (TPSA) is 118 Å². The molecule has 1 unspecified atom stereocenters. The molecule has 2 aromatic rings. The van der Waals surface area contributed by atoms with Crippen molar-refractivity contribution in [2.45, 2.75) is 45.4 Å². The molecule has 1 aromatic carbocycles. The monoisotopic (exact) mass is 477 g/mol. The van der Waals surface area contributed by atoms with Crippen molar-refractivity contribution in [2.75, 3.05) is 32.1 Å². The van der Waals surface area contributed by atoms with Crippen molar-refractivity contribution < 1.29 is 27.5 Å². The van der Waals surface area contributed by atoms with Gasteiger partial charge in [0.25, 0.3) is 0 Å². The van der Waals surface area contributed by atoms with Gasteiger partial charge < -0.3 is 19.8 Å². The first-order valence-electron chi connectivity index (χ1n) is 10.9. The van der Waals surface area contributed by atoms with Crippen molar-refractivity contribution in [3.8, 4) is 5.75 Å². The van der Waals surface area contributed by atoms with Crippen molar-refractivity contribution in [3.05, 3.63) is 40.7 Å². The first-order chi connectivity index (χ1) is 15.6. The first-order valence-corrected chi connectivity index (χ1v) is 12.4. The molecule has 1 aliphatic rings. The lowest BCUT2D eigenvalue weighted by Crippen LogP contribution is -2.44. The fourth-order valence-electron chi connectivity index (χ4n) is 4.19. The molecule has 9 nitrogen and oxygen atoms in total. The average molecular weight is 478 g/mol. The number of aromatic nitrogens is 1. The number of hydrogen-bond donors (Lipinski definition) is 2. The van der Waals surface area contributed by atoms with Crippen molar-refractivity contribution >= 4 is 27.6 Å². The number of piperidine rings is 1. The molecule has 1 aromatic heterocycles. The number of ether oxygens (including phenoxy) is 2. The van der Waals surface area contributed by atoms with Crippen LogP contribution in [-0.2, 0) is 19.6 Å². The molecule has 10 heteroatoms. The highest BCUT2D eigenvalue weighted by molar-refractivity contribution is 7.89. The van der Waals surface area contributed by atoms with Crippen LogP contribution in [0.4, 0.5) is 5.69 Å². The van der Waals surface area contributed by atoms with Gasteiger partial charge in [0.15, 0.2) is 0 Å². The number of methoxy groups -OCH3 is 1. The Balaban J connectivity index is 1.85. The van der Waals surface area contributed by atoms with Crippen LogP contribution >= 0.6 is 0 Å². The molecule has 3 rings (SSSR count). The van der Waals surface area contributed by atoms with Gasteiger partial charge in [0, 0.05) is 24.5 Å². The number of carbonyl (C=O) groups excluding carboxylic acids is 2. The number of benzene rings is 1. The minimum atomic E-state index is -4.03. The quantitative estimate of drug-likeness (QED) is 0.592. The summed E-state index contributed by atoms with van der Waals surface area (Å²) in [5.74, 6) is -0.959. The summed E-state index contributed by atoms with van der Waals surface area (Å²) in [4.78, 5) is 28.4. The number of hydrogen-bond acceptors (Lipinski definition) is 6. The summed E-state index contributed by atoms with van der Waals surface area (Å²) in [6, 6.07) is 5.47. The Hall–Kier alpha value is -2.85. The maximum Gasteiger partial charge on any atom is 0.341 e. The molecule has 2 heterocycles. The lowest BCUT2D eigenvalue weighted by Gasteiger charge is -2.31. The number of sulfonamides is 1. The van der Waals surface area contributed by atoms with Gasteiger partial charge in [0.1, 0.15) is 16.2 Å². The fraction of sp³-hybridized carbons (Fsp3) is 0.478. The summed E-state index contributed by atoms with van der Waals surface area (Å²) >= 11 is 0.